The van der Waals surface area contributed by atoms with E-state index in [0.29, 0.717) is 18.6 Å². The molecule has 1 aliphatic rings. The minimum Gasteiger partial charge on any atom is -0.481 e. The van der Waals surface area contributed by atoms with Crippen LogP contribution in [0.3, 0.4) is 0 Å². The lowest BCUT2D eigenvalue weighted by Crippen LogP contribution is -2.45. The van der Waals surface area contributed by atoms with Crippen molar-refractivity contribution in [1.82, 2.24) is 5.32 Å². The maximum atomic E-state index is 11.9. The third-order valence-electron chi connectivity index (χ3n) is 3.42. The third-order valence-corrected chi connectivity index (χ3v) is 4.21. The Morgan fingerprint density at radius 1 is 1.29 bits per heavy atom. The lowest BCUT2D eigenvalue weighted by atomic mass is 9.85. The summed E-state index contributed by atoms with van der Waals surface area (Å²) in [7, 11) is 0. The van der Waals surface area contributed by atoms with Crippen molar-refractivity contribution in [2.75, 3.05) is 5.75 Å². The molecular formula is C12H21NO3S. The van der Waals surface area contributed by atoms with Crippen LogP contribution < -0.4 is 5.32 Å². The van der Waals surface area contributed by atoms with Crippen LogP contribution in [-0.4, -0.2) is 28.8 Å². The first-order valence-corrected chi connectivity index (χ1v) is 6.64. The highest BCUT2D eigenvalue weighted by atomic mass is 32.1. The molecule has 1 rings (SSSR count). The molecular weight excluding hydrogens is 238 g/mol. The SMILES string of the molecule is CC(C)(CS)C(=O)NC1CCC(C(=O)O)CC1. The second-order valence-corrected chi connectivity index (χ2v) is 5.72. The predicted molar refractivity (Wildman–Crippen MR) is 69.2 cm³/mol. The number of carbonyl (C=O) groups is 2. The van der Waals surface area contributed by atoms with Gasteiger partial charge in [-0.05, 0) is 25.7 Å². The number of hydrogen-bond acceptors (Lipinski definition) is 3. The molecule has 0 atom stereocenters. The molecule has 1 saturated carbocycles. The minimum atomic E-state index is -0.717. The van der Waals surface area contributed by atoms with Gasteiger partial charge in [0.25, 0.3) is 0 Å². The molecule has 0 aromatic carbocycles. The molecule has 0 bridgehead atoms. The molecule has 5 heteroatoms. The van der Waals surface area contributed by atoms with E-state index in [0.717, 1.165) is 12.8 Å². The van der Waals surface area contributed by atoms with Crippen molar-refractivity contribution in [2.24, 2.45) is 11.3 Å². The number of amides is 1. The van der Waals surface area contributed by atoms with Gasteiger partial charge < -0.3 is 10.4 Å². The van der Waals surface area contributed by atoms with Gasteiger partial charge in [0.05, 0.1) is 11.3 Å². The van der Waals surface area contributed by atoms with Crippen LogP contribution in [0.4, 0.5) is 0 Å². The molecule has 98 valence electrons. The number of carboxylic acid groups (broad SMARTS) is 1. The Labute approximate surface area is 108 Å². The second-order valence-electron chi connectivity index (χ2n) is 5.40. The quantitative estimate of drug-likeness (QED) is 0.673. The maximum absolute atomic E-state index is 11.9. The van der Waals surface area contributed by atoms with E-state index in [1.807, 2.05) is 13.8 Å². The van der Waals surface area contributed by atoms with Gasteiger partial charge in [-0.3, -0.25) is 9.59 Å². The third kappa shape index (κ3) is 3.91. The molecule has 0 saturated heterocycles. The Kier molecular flexibility index (Phi) is 4.86. The molecule has 0 aromatic rings. The molecule has 0 spiro atoms. The van der Waals surface area contributed by atoms with Crippen molar-refractivity contribution in [1.29, 1.82) is 0 Å². The summed E-state index contributed by atoms with van der Waals surface area (Å²) in [6.45, 7) is 3.72. The van der Waals surface area contributed by atoms with E-state index in [9.17, 15) is 9.59 Å². The topological polar surface area (TPSA) is 66.4 Å². The van der Waals surface area contributed by atoms with Gasteiger partial charge in [0.15, 0.2) is 0 Å². The van der Waals surface area contributed by atoms with E-state index in [2.05, 4.69) is 17.9 Å². The average molecular weight is 259 g/mol. The highest BCUT2D eigenvalue weighted by molar-refractivity contribution is 7.80. The van der Waals surface area contributed by atoms with Gasteiger partial charge in [0, 0.05) is 11.8 Å². The summed E-state index contributed by atoms with van der Waals surface area (Å²) in [4.78, 5) is 22.7. The van der Waals surface area contributed by atoms with Crippen LogP contribution in [0, 0.1) is 11.3 Å². The average Bonchev–Trinajstić information content (AvgIpc) is 2.29. The highest BCUT2D eigenvalue weighted by Gasteiger charge is 2.31. The first kappa shape index (κ1) is 14.4. The van der Waals surface area contributed by atoms with E-state index >= 15 is 0 Å². The van der Waals surface area contributed by atoms with Crippen molar-refractivity contribution in [3.8, 4) is 0 Å². The normalized spacial score (nSPS) is 25.4. The zero-order chi connectivity index (χ0) is 13.1. The van der Waals surface area contributed by atoms with Crippen LogP contribution >= 0.6 is 12.6 Å². The fourth-order valence-corrected chi connectivity index (χ4v) is 2.08. The molecule has 1 fully saturated rings. The van der Waals surface area contributed by atoms with Gasteiger partial charge in [-0.1, -0.05) is 13.8 Å². The van der Waals surface area contributed by atoms with Crippen molar-refractivity contribution < 1.29 is 14.7 Å². The van der Waals surface area contributed by atoms with Gasteiger partial charge >= 0.3 is 5.97 Å². The molecule has 1 aliphatic carbocycles. The van der Waals surface area contributed by atoms with E-state index in [-0.39, 0.29) is 17.9 Å². The van der Waals surface area contributed by atoms with Gasteiger partial charge in [-0.2, -0.15) is 12.6 Å². The number of carboxylic acids is 1. The van der Waals surface area contributed by atoms with Crippen LogP contribution in [0.15, 0.2) is 0 Å². The zero-order valence-corrected chi connectivity index (χ0v) is 11.3. The lowest BCUT2D eigenvalue weighted by molar-refractivity contribution is -0.142. The molecule has 0 aromatic heterocycles. The Morgan fingerprint density at radius 3 is 2.24 bits per heavy atom. The van der Waals surface area contributed by atoms with Crippen LogP contribution in [-0.2, 0) is 9.59 Å². The smallest absolute Gasteiger partial charge is 0.306 e. The summed E-state index contributed by atoms with van der Waals surface area (Å²) in [5, 5.41) is 11.9. The predicted octanol–water partition coefficient (Wildman–Crippen LogP) is 1.70. The number of carbonyl (C=O) groups excluding carboxylic acids is 1. The second kappa shape index (κ2) is 5.76. The van der Waals surface area contributed by atoms with E-state index in [1.54, 1.807) is 0 Å². The summed E-state index contributed by atoms with van der Waals surface area (Å²) in [6, 6.07) is 0.122. The van der Waals surface area contributed by atoms with Gasteiger partial charge in [0.2, 0.25) is 5.91 Å². The summed E-state index contributed by atoms with van der Waals surface area (Å²) in [5.74, 6) is -0.443. The number of hydrogen-bond donors (Lipinski definition) is 3. The minimum absolute atomic E-state index is 0.00581. The maximum Gasteiger partial charge on any atom is 0.306 e. The largest absolute Gasteiger partial charge is 0.481 e. The van der Waals surface area contributed by atoms with Crippen LogP contribution in [0.1, 0.15) is 39.5 Å². The van der Waals surface area contributed by atoms with E-state index < -0.39 is 11.4 Å². The van der Waals surface area contributed by atoms with Crippen LogP contribution in [0.5, 0.6) is 0 Å². The fraction of sp³-hybridized carbons (Fsp3) is 0.833. The fourth-order valence-electron chi connectivity index (χ4n) is 1.94. The summed E-state index contributed by atoms with van der Waals surface area (Å²) in [5.41, 5.74) is -0.466. The van der Waals surface area contributed by atoms with Crippen molar-refractivity contribution in [3.05, 3.63) is 0 Å². The van der Waals surface area contributed by atoms with Crippen molar-refractivity contribution in [3.63, 3.8) is 0 Å². The number of thiol groups is 1. The highest BCUT2D eigenvalue weighted by Crippen LogP contribution is 2.25. The monoisotopic (exact) mass is 259 g/mol. The Hall–Kier alpha value is -0.710. The van der Waals surface area contributed by atoms with Crippen LogP contribution in [0.25, 0.3) is 0 Å². The molecule has 0 aliphatic heterocycles. The van der Waals surface area contributed by atoms with Crippen molar-refractivity contribution >= 4 is 24.5 Å². The molecule has 4 nitrogen and oxygen atoms in total. The Balaban J connectivity index is 2.41. The Bertz CT molecular complexity index is 296. The summed E-state index contributed by atoms with van der Waals surface area (Å²) in [6.07, 6.45) is 2.82. The van der Waals surface area contributed by atoms with Gasteiger partial charge in [-0.15, -0.1) is 0 Å². The molecule has 17 heavy (non-hydrogen) atoms. The Morgan fingerprint density at radius 2 is 1.82 bits per heavy atom. The summed E-state index contributed by atoms with van der Waals surface area (Å²) < 4.78 is 0. The molecule has 0 heterocycles. The van der Waals surface area contributed by atoms with Gasteiger partial charge in [-0.25, -0.2) is 0 Å². The zero-order valence-electron chi connectivity index (χ0n) is 10.4. The molecule has 0 radical (unpaired) electrons. The lowest BCUT2D eigenvalue weighted by Gasteiger charge is -2.30. The number of aliphatic carboxylic acids is 1. The molecule has 0 unspecified atom stereocenters. The molecule has 1 amide bonds. The van der Waals surface area contributed by atoms with Crippen molar-refractivity contribution in [2.45, 2.75) is 45.6 Å². The number of rotatable bonds is 4. The van der Waals surface area contributed by atoms with E-state index in [1.165, 1.54) is 0 Å². The van der Waals surface area contributed by atoms with Gasteiger partial charge in [0.1, 0.15) is 0 Å². The van der Waals surface area contributed by atoms with E-state index in [4.69, 9.17) is 5.11 Å². The first-order valence-electron chi connectivity index (χ1n) is 6.01. The molecule has 2 N–H and O–H groups in total. The standard InChI is InChI=1S/C12H21NO3S/c1-12(2,7-17)11(16)13-9-5-3-8(4-6-9)10(14)15/h8-9,17H,3-7H2,1-2H3,(H,13,16)(H,14,15). The summed E-state index contributed by atoms with van der Waals surface area (Å²) >= 11 is 4.16. The van der Waals surface area contributed by atoms with Crippen LogP contribution in [0.2, 0.25) is 0 Å². The number of nitrogens with one attached hydrogen (secondary N) is 1. The first-order chi connectivity index (χ1) is 7.86.